The summed E-state index contributed by atoms with van der Waals surface area (Å²) in [5.41, 5.74) is 2.49. The van der Waals surface area contributed by atoms with Crippen molar-refractivity contribution in [1.82, 2.24) is 29.9 Å². The molecule has 2 aliphatic rings. The van der Waals surface area contributed by atoms with Crippen LogP contribution < -0.4 is 10.1 Å². The van der Waals surface area contributed by atoms with Crippen LogP contribution in [-0.2, 0) is 11.3 Å². The van der Waals surface area contributed by atoms with Gasteiger partial charge in [0.15, 0.2) is 10.8 Å². The van der Waals surface area contributed by atoms with Crippen LogP contribution in [0.3, 0.4) is 0 Å². The molecule has 0 aliphatic carbocycles. The Kier molecular flexibility index (Phi) is 5.60. The second-order valence-electron chi connectivity index (χ2n) is 7.87. The Bertz CT molecular complexity index is 990. The minimum absolute atomic E-state index is 0.179. The molecule has 5 rings (SSSR count). The van der Waals surface area contributed by atoms with Crippen molar-refractivity contribution in [2.45, 2.75) is 58.6 Å². The number of hydrogen-bond acceptors (Lipinski definition) is 7. The van der Waals surface area contributed by atoms with Gasteiger partial charge in [-0.2, -0.15) is 10.1 Å². The molecule has 3 aromatic rings. The molecule has 0 radical (unpaired) electrons. The van der Waals surface area contributed by atoms with Crippen LogP contribution >= 0.6 is 11.6 Å². The fraction of sp³-hybridized carbons (Fsp3) is 0.579. The highest BCUT2D eigenvalue weighted by molar-refractivity contribution is 6.34. The van der Waals surface area contributed by atoms with Crippen molar-refractivity contribution in [1.29, 1.82) is 0 Å². The molecule has 0 amide bonds. The Balaban J connectivity index is 0.000000216. The van der Waals surface area contributed by atoms with Gasteiger partial charge in [-0.25, -0.2) is 9.67 Å². The zero-order valence-corrected chi connectivity index (χ0v) is 17.7. The standard InChI is InChI=1S/C12H12ClN7O.C7H14O/c1-6-8-11(18-17-6)21-4-2-3-20-10-7(9(13)19-20)5-14-12(15-8)16-10;1-7(2)5-3-4-6-8-7/h5H,2-4H2,1H3,(H,17,18)(H,14,15,16);3-6H2,1-2H3. The number of anilines is 2. The van der Waals surface area contributed by atoms with E-state index in [1.807, 2.05) is 6.92 Å². The molecule has 0 aromatic carbocycles. The Hall–Kier alpha value is -2.39. The Morgan fingerprint density at radius 1 is 1.21 bits per heavy atom. The van der Waals surface area contributed by atoms with Gasteiger partial charge in [-0.15, -0.1) is 5.10 Å². The molecule has 0 unspecified atom stereocenters. The largest absolute Gasteiger partial charge is 0.475 e. The molecule has 0 saturated carbocycles. The molecule has 2 aliphatic heterocycles. The van der Waals surface area contributed by atoms with Gasteiger partial charge in [-0.1, -0.05) is 11.6 Å². The maximum absolute atomic E-state index is 6.11. The summed E-state index contributed by atoms with van der Waals surface area (Å²) < 4.78 is 12.9. The molecule has 9 nitrogen and oxygen atoms in total. The highest BCUT2D eigenvalue weighted by atomic mass is 35.5. The number of aromatic nitrogens is 6. The average molecular weight is 420 g/mol. The van der Waals surface area contributed by atoms with Gasteiger partial charge in [0.2, 0.25) is 5.95 Å². The van der Waals surface area contributed by atoms with Crippen LogP contribution in [0.4, 0.5) is 11.6 Å². The van der Waals surface area contributed by atoms with E-state index in [1.54, 1.807) is 10.9 Å². The van der Waals surface area contributed by atoms with Crippen molar-refractivity contribution in [3.63, 3.8) is 0 Å². The summed E-state index contributed by atoms with van der Waals surface area (Å²) in [4.78, 5) is 8.77. The Morgan fingerprint density at radius 2 is 2.07 bits per heavy atom. The van der Waals surface area contributed by atoms with Gasteiger partial charge in [0, 0.05) is 25.8 Å². The minimum Gasteiger partial charge on any atom is -0.475 e. The molecule has 1 fully saturated rings. The van der Waals surface area contributed by atoms with Crippen molar-refractivity contribution >= 4 is 34.3 Å². The number of ether oxygens (including phenoxy) is 2. The summed E-state index contributed by atoms with van der Waals surface area (Å²) in [5.74, 6) is 0.977. The van der Waals surface area contributed by atoms with Crippen molar-refractivity contribution < 1.29 is 9.47 Å². The first-order chi connectivity index (χ1) is 13.9. The van der Waals surface area contributed by atoms with Gasteiger partial charge in [0.25, 0.3) is 5.88 Å². The van der Waals surface area contributed by atoms with Crippen molar-refractivity contribution in [3.8, 4) is 5.88 Å². The molecule has 156 valence electrons. The second-order valence-corrected chi connectivity index (χ2v) is 8.22. The van der Waals surface area contributed by atoms with E-state index in [9.17, 15) is 0 Å². The van der Waals surface area contributed by atoms with Crippen LogP contribution in [0.2, 0.25) is 5.15 Å². The molecule has 0 spiro atoms. The third kappa shape index (κ3) is 4.45. The first-order valence-corrected chi connectivity index (χ1v) is 10.3. The first kappa shape index (κ1) is 19.9. The van der Waals surface area contributed by atoms with Crippen LogP contribution in [0.5, 0.6) is 5.88 Å². The van der Waals surface area contributed by atoms with E-state index < -0.39 is 0 Å². The lowest BCUT2D eigenvalue weighted by Crippen LogP contribution is -2.28. The SMILES string of the molecule is CC1(C)CCCCO1.Cc1[nH]nc2c1Nc1ncc3c(Cl)nn(c3n1)CCCO2. The summed E-state index contributed by atoms with van der Waals surface area (Å²) in [5, 5.41) is 15.6. The van der Waals surface area contributed by atoms with Gasteiger partial charge >= 0.3 is 0 Å². The van der Waals surface area contributed by atoms with Crippen LogP contribution in [0.25, 0.3) is 11.0 Å². The quantitative estimate of drug-likeness (QED) is 0.567. The average Bonchev–Trinajstić information content (AvgIpc) is 3.18. The van der Waals surface area contributed by atoms with Gasteiger partial charge < -0.3 is 14.8 Å². The maximum atomic E-state index is 6.11. The molecular weight excluding hydrogens is 394 g/mol. The van der Waals surface area contributed by atoms with E-state index >= 15 is 0 Å². The summed E-state index contributed by atoms with van der Waals surface area (Å²) in [6.45, 7) is 8.38. The number of nitrogens with one attached hydrogen (secondary N) is 2. The van der Waals surface area contributed by atoms with Crippen molar-refractivity contribution in [2.75, 3.05) is 18.5 Å². The van der Waals surface area contributed by atoms with Crippen molar-refractivity contribution in [3.05, 3.63) is 17.0 Å². The van der Waals surface area contributed by atoms with Gasteiger partial charge in [-0.3, -0.25) is 5.10 Å². The number of rotatable bonds is 0. The number of aryl methyl sites for hydroxylation is 2. The summed E-state index contributed by atoms with van der Waals surface area (Å²) in [6, 6.07) is 0. The lowest BCUT2D eigenvalue weighted by atomic mass is 9.99. The third-order valence-electron chi connectivity index (χ3n) is 5.01. The number of fused-ring (bicyclic) bond motifs is 2. The first-order valence-electron chi connectivity index (χ1n) is 9.91. The van der Waals surface area contributed by atoms with E-state index in [-0.39, 0.29) is 5.60 Å². The zero-order chi connectivity index (χ0) is 20.4. The molecule has 0 atom stereocenters. The second kappa shape index (κ2) is 8.16. The Labute approximate surface area is 174 Å². The smallest absolute Gasteiger partial charge is 0.256 e. The Morgan fingerprint density at radius 3 is 2.79 bits per heavy atom. The molecular formula is C19H26ClN7O2. The van der Waals surface area contributed by atoms with Gasteiger partial charge in [-0.05, 0) is 40.0 Å². The fourth-order valence-electron chi connectivity index (χ4n) is 3.37. The number of hydrogen-bond donors (Lipinski definition) is 2. The molecule has 3 aromatic heterocycles. The summed E-state index contributed by atoms with van der Waals surface area (Å²) >= 11 is 6.11. The van der Waals surface area contributed by atoms with Crippen LogP contribution in [0, 0.1) is 6.92 Å². The van der Waals surface area contributed by atoms with Gasteiger partial charge in [0.1, 0.15) is 5.69 Å². The lowest BCUT2D eigenvalue weighted by Gasteiger charge is -2.29. The summed E-state index contributed by atoms with van der Waals surface area (Å²) in [7, 11) is 0. The van der Waals surface area contributed by atoms with E-state index in [0.29, 0.717) is 35.8 Å². The topological polar surface area (TPSA) is 103 Å². The minimum atomic E-state index is 0.179. The van der Waals surface area contributed by atoms with Crippen LogP contribution in [-0.4, -0.2) is 48.8 Å². The highest BCUT2D eigenvalue weighted by Gasteiger charge is 2.21. The molecule has 5 heterocycles. The van der Waals surface area contributed by atoms with E-state index in [4.69, 9.17) is 21.1 Å². The molecule has 2 N–H and O–H groups in total. The molecule has 29 heavy (non-hydrogen) atoms. The van der Waals surface area contributed by atoms with Crippen molar-refractivity contribution in [2.24, 2.45) is 0 Å². The fourth-order valence-corrected chi connectivity index (χ4v) is 3.59. The van der Waals surface area contributed by atoms with E-state index in [0.717, 1.165) is 29.8 Å². The maximum Gasteiger partial charge on any atom is 0.256 e. The van der Waals surface area contributed by atoms with Crippen LogP contribution in [0.1, 0.15) is 45.2 Å². The number of aromatic amines is 1. The zero-order valence-electron chi connectivity index (χ0n) is 17.0. The predicted molar refractivity (Wildman–Crippen MR) is 111 cm³/mol. The lowest BCUT2D eigenvalue weighted by molar-refractivity contribution is -0.0511. The summed E-state index contributed by atoms with van der Waals surface area (Å²) in [6.07, 6.45) is 6.27. The highest BCUT2D eigenvalue weighted by Crippen LogP contribution is 2.29. The van der Waals surface area contributed by atoms with Gasteiger partial charge in [0.05, 0.1) is 23.3 Å². The van der Waals surface area contributed by atoms with Crippen LogP contribution in [0.15, 0.2) is 6.20 Å². The predicted octanol–water partition coefficient (Wildman–Crippen LogP) is 4.00. The van der Waals surface area contributed by atoms with E-state index in [2.05, 4.69) is 44.4 Å². The third-order valence-corrected chi connectivity index (χ3v) is 5.29. The number of halogens is 1. The monoisotopic (exact) mass is 419 g/mol. The molecule has 2 bridgehead atoms. The number of H-pyrrole nitrogens is 1. The molecule has 10 heteroatoms. The normalized spacial score (nSPS) is 18.1. The van der Waals surface area contributed by atoms with E-state index in [1.165, 1.54) is 19.3 Å². The number of nitrogens with zero attached hydrogens (tertiary/aromatic N) is 5. The molecule has 1 saturated heterocycles.